The van der Waals surface area contributed by atoms with Gasteiger partial charge in [-0.2, -0.15) is 5.26 Å². The molecule has 0 saturated carbocycles. The molecule has 2 aromatic heterocycles. The lowest BCUT2D eigenvalue weighted by molar-refractivity contribution is 0.0968. The Morgan fingerprint density at radius 3 is 2.33 bits per heavy atom. The largest absolute Gasteiger partial charge is 0.334 e. The third kappa shape index (κ3) is 2.85. The zero-order valence-electron chi connectivity index (χ0n) is 17.5. The molecule has 0 spiro atoms. The predicted octanol–water partition coefficient (Wildman–Crippen LogP) is 5.06. The van der Waals surface area contributed by atoms with E-state index >= 15 is 0 Å². The van der Waals surface area contributed by atoms with Gasteiger partial charge in [0.1, 0.15) is 5.56 Å². The van der Waals surface area contributed by atoms with Crippen LogP contribution in [0.15, 0.2) is 95.9 Å². The predicted molar refractivity (Wildman–Crippen MR) is 127 cm³/mol. The van der Waals surface area contributed by atoms with Crippen LogP contribution in [0.25, 0.3) is 33.4 Å². The summed E-state index contributed by atoms with van der Waals surface area (Å²) in [6, 6.07) is 29.3. The molecule has 0 bridgehead atoms. The van der Waals surface area contributed by atoms with E-state index in [9.17, 15) is 14.9 Å². The number of hydrogen-bond donors (Lipinski definition) is 0. The highest BCUT2D eigenvalue weighted by molar-refractivity contribution is 6.10. The van der Waals surface area contributed by atoms with Crippen molar-refractivity contribution in [1.29, 1.82) is 5.26 Å². The van der Waals surface area contributed by atoms with Crippen LogP contribution in [0.1, 0.15) is 21.5 Å². The Labute approximate surface area is 189 Å². The summed E-state index contributed by atoms with van der Waals surface area (Å²) in [5.41, 5.74) is 5.57. The minimum atomic E-state index is -0.332. The molecule has 33 heavy (non-hydrogen) atoms. The average molecular weight is 427 g/mol. The van der Waals surface area contributed by atoms with E-state index in [1.165, 1.54) is 4.57 Å². The van der Waals surface area contributed by atoms with Crippen molar-refractivity contribution in [2.75, 3.05) is 0 Å². The minimum absolute atomic E-state index is 0.161. The van der Waals surface area contributed by atoms with Gasteiger partial charge in [-0.1, -0.05) is 54.6 Å². The summed E-state index contributed by atoms with van der Waals surface area (Å²) >= 11 is 0. The van der Waals surface area contributed by atoms with Crippen molar-refractivity contribution < 1.29 is 4.79 Å². The molecule has 0 fully saturated rings. The van der Waals surface area contributed by atoms with Crippen molar-refractivity contribution >= 4 is 16.8 Å². The summed E-state index contributed by atoms with van der Waals surface area (Å²) < 4.78 is 3.53. The molecule has 0 radical (unpaired) electrons. The van der Waals surface area contributed by atoms with E-state index in [2.05, 4.69) is 42.5 Å². The molecule has 156 valence electrons. The van der Waals surface area contributed by atoms with E-state index in [0.29, 0.717) is 34.4 Å². The van der Waals surface area contributed by atoms with Crippen molar-refractivity contribution in [3.8, 4) is 28.6 Å². The highest BCUT2D eigenvalue weighted by Gasteiger charge is 2.32. The van der Waals surface area contributed by atoms with Gasteiger partial charge in [0.25, 0.3) is 5.91 Å². The molecule has 1 aliphatic heterocycles. The van der Waals surface area contributed by atoms with Crippen LogP contribution in [0.2, 0.25) is 0 Å². The lowest BCUT2D eigenvalue weighted by Gasteiger charge is -2.17. The number of nitrogens with zero attached hydrogens (tertiary/aromatic N) is 3. The minimum Gasteiger partial charge on any atom is -0.334 e. The molecular formula is C28H17N3O2. The number of benzene rings is 3. The molecule has 0 N–H and O–H groups in total. The van der Waals surface area contributed by atoms with E-state index in [0.717, 1.165) is 16.7 Å². The number of carbonyl (C=O) groups excluding carboxylic acids is 1. The Hall–Kier alpha value is -4.69. The Bertz CT molecular complexity index is 1670. The van der Waals surface area contributed by atoms with E-state index in [4.69, 9.17) is 0 Å². The van der Waals surface area contributed by atoms with Crippen LogP contribution in [-0.2, 0) is 6.54 Å². The van der Waals surface area contributed by atoms with E-state index in [1.807, 2.05) is 34.9 Å². The number of nitriles is 1. The van der Waals surface area contributed by atoms with E-state index < -0.39 is 0 Å². The molecule has 0 saturated heterocycles. The number of carbonyl (C=O) groups is 1. The number of pyridine rings is 1. The summed E-state index contributed by atoms with van der Waals surface area (Å²) in [7, 11) is 0. The fourth-order valence-corrected chi connectivity index (χ4v) is 4.64. The van der Waals surface area contributed by atoms with Gasteiger partial charge in [0, 0.05) is 18.1 Å². The molecule has 3 heterocycles. The smallest absolute Gasteiger partial charge is 0.268 e. The quantitative estimate of drug-likeness (QED) is 0.397. The monoisotopic (exact) mass is 427 g/mol. The van der Waals surface area contributed by atoms with Crippen molar-refractivity contribution in [2.45, 2.75) is 6.54 Å². The number of rotatable bonds is 3. The SMILES string of the molecule is N#Cc1ccc2c(c1)c(=O)c1c(n2Cc2ccc(-c3ccccc3)cc2)-c2cccn2C1=O. The van der Waals surface area contributed by atoms with Crippen LogP contribution in [0.4, 0.5) is 0 Å². The first kappa shape index (κ1) is 19.0. The second kappa shape index (κ2) is 7.18. The number of fused-ring (bicyclic) bond motifs is 4. The van der Waals surface area contributed by atoms with Gasteiger partial charge >= 0.3 is 0 Å². The molecule has 5 nitrogen and oxygen atoms in total. The Morgan fingerprint density at radius 2 is 1.58 bits per heavy atom. The third-order valence-electron chi connectivity index (χ3n) is 6.22. The highest BCUT2D eigenvalue weighted by Crippen LogP contribution is 2.34. The fraction of sp³-hybridized carbons (Fsp3) is 0.0357. The van der Waals surface area contributed by atoms with Gasteiger partial charge in [0.2, 0.25) is 5.43 Å². The summed E-state index contributed by atoms with van der Waals surface area (Å²) in [6.45, 7) is 0.485. The molecule has 6 rings (SSSR count). The summed E-state index contributed by atoms with van der Waals surface area (Å²) in [4.78, 5) is 26.4. The van der Waals surface area contributed by atoms with Crippen molar-refractivity contribution in [2.24, 2.45) is 0 Å². The second-order valence-electron chi connectivity index (χ2n) is 8.11. The zero-order chi connectivity index (χ0) is 22.5. The highest BCUT2D eigenvalue weighted by atomic mass is 16.2. The first-order valence-electron chi connectivity index (χ1n) is 10.6. The van der Waals surface area contributed by atoms with E-state index in [-0.39, 0.29) is 16.9 Å². The number of hydrogen-bond acceptors (Lipinski definition) is 3. The molecule has 0 aliphatic carbocycles. The van der Waals surface area contributed by atoms with Gasteiger partial charge in [-0.05, 0) is 47.0 Å². The van der Waals surface area contributed by atoms with Crippen LogP contribution < -0.4 is 5.43 Å². The van der Waals surface area contributed by atoms with Crippen molar-refractivity contribution in [1.82, 2.24) is 9.13 Å². The lowest BCUT2D eigenvalue weighted by Crippen LogP contribution is -2.20. The summed E-state index contributed by atoms with van der Waals surface area (Å²) in [5.74, 6) is -0.326. The van der Waals surface area contributed by atoms with Gasteiger partial charge in [-0.25, -0.2) is 0 Å². The molecule has 0 atom stereocenters. The lowest BCUT2D eigenvalue weighted by atomic mass is 10.0. The molecule has 5 aromatic rings. The Balaban J connectivity index is 1.55. The first-order valence-corrected chi connectivity index (χ1v) is 10.6. The molecule has 1 aliphatic rings. The average Bonchev–Trinajstić information content (AvgIpc) is 3.45. The van der Waals surface area contributed by atoms with Crippen LogP contribution in [-0.4, -0.2) is 15.0 Å². The molecule has 0 unspecified atom stereocenters. The van der Waals surface area contributed by atoms with Gasteiger partial charge in [0.15, 0.2) is 0 Å². The van der Waals surface area contributed by atoms with Crippen LogP contribution in [0.3, 0.4) is 0 Å². The Morgan fingerprint density at radius 1 is 0.818 bits per heavy atom. The van der Waals surface area contributed by atoms with Gasteiger partial charge in [0.05, 0.1) is 28.5 Å². The fourth-order valence-electron chi connectivity index (χ4n) is 4.64. The molecular weight excluding hydrogens is 410 g/mol. The summed E-state index contributed by atoms with van der Waals surface area (Å²) in [5, 5.41) is 9.72. The first-order chi connectivity index (χ1) is 16.2. The molecule has 3 aromatic carbocycles. The van der Waals surface area contributed by atoms with Crippen molar-refractivity contribution in [3.63, 3.8) is 0 Å². The van der Waals surface area contributed by atoms with Gasteiger partial charge in [-0.3, -0.25) is 14.2 Å². The van der Waals surface area contributed by atoms with E-state index in [1.54, 1.807) is 24.4 Å². The van der Waals surface area contributed by atoms with Crippen LogP contribution in [0, 0.1) is 11.3 Å². The maximum Gasteiger partial charge on any atom is 0.268 e. The van der Waals surface area contributed by atoms with Crippen molar-refractivity contribution in [3.05, 3.63) is 118 Å². The molecule has 0 amide bonds. The standard InChI is InChI=1S/C28H17N3O2/c29-16-19-10-13-23-22(15-19)27(32)25-26(24-7-4-14-30(24)28(25)33)31(23)17-18-8-11-21(12-9-18)20-5-2-1-3-6-20/h1-15H,17H2. The third-order valence-corrected chi connectivity index (χ3v) is 6.22. The second-order valence-corrected chi connectivity index (χ2v) is 8.11. The zero-order valence-corrected chi connectivity index (χ0v) is 17.5. The maximum absolute atomic E-state index is 13.3. The maximum atomic E-state index is 13.3. The van der Waals surface area contributed by atoms with Gasteiger partial charge < -0.3 is 4.57 Å². The van der Waals surface area contributed by atoms with Crippen LogP contribution in [0.5, 0.6) is 0 Å². The molecule has 5 heteroatoms. The Kier molecular flexibility index (Phi) is 4.14. The van der Waals surface area contributed by atoms with Gasteiger partial charge in [-0.15, -0.1) is 0 Å². The van der Waals surface area contributed by atoms with Crippen LogP contribution >= 0.6 is 0 Å². The normalized spacial score (nSPS) is 11.9. The summed E-state index contributed by atoms with van der Waals surface area (Å²) in [6.07, 6.45) is 1.68. The number of aromatic nitrogens is 2. The topological polar surface area (TPSA) is 67.8 Å².